The van der Waals surface area contributed by atoms with Crippen molar-refractivity contribution in [3.8, 4) is 0 Å². The second kappa shape index (κ2) is 4.18. The molecule has 86 valence electrons. The number of non-ortho nitro benzene ring substituents is 1. The van der Waals surface area contributed by atoms with Gasteiger partial charge in [0.25, 0.3) is 5.69 Å². The van der Waals surface area contributed by atoms with Crippen LogP contribution in [0.25, 0.3) is 0 Å². The van der Waals surface area contributed by atoms with Crippen LogP contribution in [0.4, 0.5) is 5.69 Å². The van der Waals surface area contributed by atoms with Gasteiger partial charge in [-0.3, -0.25) is 14.9 Å². The molecule has 0 aliphatic carbocycles. The molecule has 0 heterocycles. The first-order valence-corrected chi connectivity index (χ1v) is 6.39. The minimum absolute atomic E-state index is 0.163. The van der Waals surface area contributed by atoms with Crippen LogP contribution in [0.15, 0.2) is 23.1 Å². The Kier molecular flexibility index (Phi) is 3.30. The van der Waals surface area contributed by atoms with Crippen molar-refractivity contribution in [2.75, 3.05) is 0 Å². The maximum atomic E-state index is 11.3. The summed E-state index contributed by atoms with van der Waals surface area (Å²) in [7, 11) is 1.72. The van der Waals surface area contributed by atoms with Crippen molar-refractivity contribution < 1.29 is 13.9 Å². The minimum atomic E-state index is -3.59. The first-order chi connectivity index (χ1) is 7.23. The highest BCUT2D eigenvalue weighted by Crippen LogP contribution is 2.25. The molecule has 0 fully saturated rings. The zero-order valence-electron chi connectivity index (χ0n) is 8.10. The molecule has 16 heavy (non-hydrogen) atoms. The van der Waals surface area contributed by atoms with E-state index in [9.17, 15) is 19.1 Å². The van der Waals surface area contributed by atoms with Crippen LogP contribution >= 0.6 is 10.7 Å². The SMILES string of the molecule is CC(=O)c1cc([N+](=O)[O-])ccc1S(=N)(=O)Cl. The van der Waals surface area contributed by atoms with Gasteiger partial charge in [-0.1, -0.05) is 0 Å². The van der Waals surface area contributed by atoms with Crippen molar-refractivity contribution in [2.24, 2.45) is 0 Å². The van der Waals surface area contributed by atoms with Crippen LogP contribution < -0.4 is 0 Å². The minimum Gasteiger partial charge on any atom is -0.294 e. The molecule has 1 aromatic carbocycles. The molecule has 1 N–H and O–H groups in total. The van der Waals surface area contributed by atoms with Gasteiger partial charge in [-0.05, 0) is 13.0 Å². The molecule has 0 spiro atoms. The predicted molar refractivity (Wildman–Crippen MR) is 58.1 cm³/mol. The molecule has 0 aliphatic rings. The lowest BCUT2D eigenvalue weighted by atomic mass is 10.1. The number of hydrogen-bond acceptors (Lipinski definition) is 5. The second-order valence-corrected chi connectivity index (χ2v) is 5.70. The average Bonchev–Trinajstić information content (AvgIpc) is 2.15. The van der Waals surface area contributed by atoms with Gasteiger partial charge in [0.15, 0.2) is 14.7 Å². The molecule has 1 rings (SSSR count). The Morgan fingerprint density at radius 1 is 1.56 bits per heavy atom. The van der Waals surface area contributed by atoms with E-state index in [1.807, 2.05) is 0 Å². The van der Waals surface area contributed by atoms with E-state index in [1.54, 1.807) is 0 Å². The largest absolute Gasteiger partial charge is 0.294 e. The molecular weight excluding hydrogens is 256 g/mol. The number of nitro groups is 1. The van der Waals surface area contributed by atoms with Crippen molar-refractivity contribution in [2.45, 2.75) is 11.8 Å². The summed E-state index contributed by atoms with van der Waals surface area (Å²) in [5.74, 6) is -0.528. The normalized spacial score (nSPS) is 14.1. The third-order valence-corrected chi connectivity index (χ3v) is 3.26. The topological polar surface area (TPSA) is 101 Å². The number of rotatable bonds is 3. The van der Waals surface area contributed by atoms with Gasteiger partial charge in [0.05, 0.1) is 9.82 Å². The number of hydrogen-bond donors (Lipinski definition) is 1. The van der Waals surface area contributed by atoms with Crippen LogP contribution in [0, 0.1) is 14.9 Å². The molecular formula is C8H7ClN2O4S. The van der Waals surface area contributed by atoms with Gasteiger partial charge in [0, 0.05) is 28.4 Å². The Labute approximate surface area is 95.9 Å². The van der Waals surface area contributed by atoms with Crippen LogP contribution in [0.2, 0.25) is 0 Å². The number of nitrogens with one attached hydrogen (secondary N) is 1. The standard InChI is InChI=1S/C8H7ClN2O4S/c1-5(12)7-4-6(11(13)14)2-3-8(7)16(9,10)15/h2-4,10H,1H3. The maximum absolute atomic E-state index is 11.3. The highest BCUT2D eigenvalue weighted by atomic mass is 35.7. The van der Waals surface area contributed by atoms with Gasteiger partial charge >= 0.3 is 0 Å². The lowest BCUT2D eigenvalue weighted by Gasteiger charge is -2.04. The summed E-state index contributed by atoms with van der Waals surface area (Å²) in [5.41, 5.74) is -0.474. The summed E-state index contributed by atoms with van der Waals surface area (Å²) in [6, 6.07) is 3.09. The maximum Gasteiger partial charge on any atom is 0.270 e. The number of halogens is 1. The molecule has 0 bridgehead atoms. The summed E-state index contributed by atoms with van der Waals surface area (Å²) in [6.07, 6.45) is 0. The number of nitro benzene ring substituents is 1. The summed E-state index contributed by atoms with van der Waals surface area (Å²) >= 11 is 0. The van der Waals surface area contributed by atoms with Gasteiger partial charge in [0.2, 0.25) is 0 Å². The fourth-order valence-electron chi connectivity index (χ4n) is 1.14. The van der Waals surface area contributed by atoms with Crippen LogP contribution in [0.3, 0.4) is 0 Å². The molecule has 0 aromatic heterocycles. The number of nitrogens with zero attached hydrogens (tertiary/aromatic N) is 1. The molecule has 1 unspecified atom stereocenters. The number of carbonyl (C=O) groups is 1. The van der Waals surface area contributed by atoms with Crippen LogP contribution in [-0.4, -0.2) is 14.9 Å². The Hall–Kier alpha value is -1.47. The zero-order chi connectivity index (χ0) is 12.5. The first kappa shape index (κ1) is 12.6. The lowest BCUT2D eigenvalue weighted by molar-refractivity contribution is -0.384. The molecule has 0 aliphatic heterocycles. The van der Waals surface area contributed by atoms with E-state index in [2.05, 4.69) is 0 Å². The second-order valence-electron chi connectivity index (χ2n) is 2.98. The fourth-order valence-corrected chi connectivity index (χ4v) is 2.27. The lowest BCUT2D eigenvalue weighted by Crippen LogP contribution is -2.03. The molecule has 6 nitrogen and oxygen atoms in total. The van der Waals surface area contributed by atoms with Crippen molar-refractivity contribution in [1.82, 2.24) is 0 Å². The number of ketones is 1. The fraction of sp³-hybridized carbons (Fsp3) is 0.125. The van der Waals surface area contributed by atoms with E-state index in [4.69, 9.17) is 15.5 Å². The average molecular weight is 263 g/mol. The number of carbonyl (C=O) groups excluding carboxylic acids is 1. The van der Waals surface area contributed by atoms with Gasteiger partial charge in [-0.15, -0.1) is 0 Å². The Bertz CT molecular complexity index is 567. The molecule has 0 saturated carbocycles. The molecule has 0 amide bonds. The number of benzene rings is 1. The van der Waals surface area contributed by atoms with Crippen LogP contribution in [-0.2, 0) is 8.94 Å². The quantitative estimate of drug-likeness (QED) is 0.391. The van der Waals surface area contributed by atoms with Crippen molar-refractivity contribution in [3.63, 3.8) is 0 Å². The summed E-state index contributed by atoms with van der Waals surface area (Å²) in [6.45, 7) is 1.16. The summed E-state index contributed by atoms with van der Waals surface area (Å²) in [5, 5.41) is 10.5. The Morgan fingerprint density at radius 2 is 2.12 bits per heavy atom. The number of Topliss-reactive ketones (excluding diaryl/α,β-unsaturated/α-hetero) is 1. The highest BCUT2D eigenvalue weighted by molar-refractivity contribution is 8.14. The summed E-state index contributed by atoms with van der Waals surface area (Å²) < 4.78 is 18.5. The summed E-state index contributed by atoms with van der Waals surface area (Å²) in [4.78, 5) is 20.8. The van der Waals surface area contributed by atoms with Crippen molar-refractivity contribution >= 4 is 31.1 Å². The molecule has 0 saturated heterocycles. The molecule has 1 aromatic rings. The first-order valence-electron chi connectivity index (χ1n) is 4.01. The van der Waals surface area contributed by atoms with Crippen LogP contribution in [0.1, 0.15) is 17.3 Å². The highest BCUT2D eigenvalue weighted by Gasteiger charge is 2.19. The smallest absolute Gasteiger partial charge is 0.270 e. The zero-order valence-corrected chi connectivity index (χ0v) is 9.67. The van der Waals surface area contributed by atoms with E-state index in [1.165, 1.54) is 0 Å². The van der Waals surface area contributed by atoms with E-state index >= 15 is 0 Å². The van der Waals surface area contributed by atoms with E-state index < -0.39 is 19.6 Å². The van der Waals surface area contributed by atoms with E-state index in [-0.39, 0.29) is 16.1 Å². The molecule has 1 atom stereocenters. The van der Waals surface area contributed by atoms with Gasteiger partial charge < -0.3 is 0 Å². The monoisotopic (exact) mass is 262 g/mol. The van der Waals surface area contributed by atoms with E-state index in [0.29, 0.717) is 0 Å². The van der Waals surface area contributed by atoms with Gasteiger partial charge in [0.1, 0.15) is 0 Å². The Morgan fingerprint density at radius 3 is 2.50 bits per heavy atom. The third kappa shape index (κ3) is 2.56. The van der Waals surface area contributed by atoms with Gasteiger partial charge in [-0.25, -0.2) is 8.99 Å². The predicted octanol–water partition coefficient (Wildman–Crippen LogP) is 2.36. The molecule has 0 radical (unpaired) electrons. The molecule has 8 heteroatoms. The Balaban J connectivity index is 3.55. The van der Waals surface area contributed by atoms with Crippen molar-refractivity contribution in [3.05, 3.63) is 33.9 Å². The van der Waals surface area contributed by atoms with E-state index in [0.717, 1.165) is 25.1 Å². The van der Waals surface area contributed by atoms with Crippen molar-refractivity contribution in [1.29, 1.82) is 4.78 Å². The van der Waals surface area contributed by atoms with Gasteiger partial charge in [-0.2, -0.15) is 0 Å². The van der Waals surface area contributed by atoms with Crippen LogP contribution in [0.5, 0.6) is 0 Å². The third-order valence-electron chi connectivity index (χ3n) is 1.84.